The molecule has 0 spiro atoms. The normalized spacial score (nSPS) is 17.2. The van der Waals surface area contributed by atoms with E-state index in [0.717, 1.165) is 12.0 Å². The zero-order chi connectivity index (χ0) is 14.9. The second-order valence-corrected chi connectivity index (χ2v) is 6.72. The highest BCUT2D eigenvalue weighted by molar-refractivity contribution is 9.09. The van der Waals surface area contributed by atoms with Crippen molar-refractivity contribution in [3.63, 3.8) is 0 Å². The molecule has 1 fully saturated rings. The Morgan fingerprint density at radius 3 is 2.24 bits per heavy atom. The highest BCUT2D eigenvalue weighted by atomic mass is 79.9. The van der Waals surface area contributed by atoms with Crippen LogP contribution in [-0.2, 0) is 11.8 Å². The zero-order valence-corrected chi connectivity index (χ0v) is 13.1. The Balaban J connectivity index is 1.74. The van der Waals surface area contributed by atoms with Gasteiger partial charge in [0.15, 0.2) is 0 Å². The van der Waals surface area contributed by atoms with Gasteiger partial charge in [0.2, 0.25) is 0 Å². The van der Waals surface area contributed by atoms with Gasteiger partial charge in [-0.05, 0) is 30.4 Å². The topological polar surface area (TPSA) is 43.1 Å². The first-order valence-corrected chi connectivity index (χ1v) is 7.96. The number of hydrogen-bond donors (Lipinski definition) is 0. The van der Waals surface area contributed by atoms with Crippen molar-refractivity contribution in [3.8, 4) is 0 Å². The van der Waals surface area contributed by atoms with E-state index in [4.69, 9.17) is 0 Å². The van der Waals surface area contributed by atoms with Gasteiger partial charge in [-0.1, -0.05) is 58.4 Å². The third-order valence-electron chi connectivity index (χ3n) is 4.30. The third kappa shape index (κ3) is 2.86. The molecule has 0 saturated heterocycles. The van der Waals surface area contributed by atoms with E-state index in [2.05, 4.69) is 40.2 Å². The maximum Gasteiger partial charge on any atom is 0.269 e. The van der Waals surface area contributed by atoms with Crippen molar-refractivity contribution in [3.05, 3.63) is 75.8 Å². The van der Waals surface area contributed by atoms with E-state index in [0.29, 0.717) is 4.83 Å². The van der Waals surface area contributed by atoms with E-state index < -0.39 is 0 Å². The van der Waals surface area contributed by atoms with Crippen molar-refractivity contribution >= 4 is 21.6 Å². The Hall–Kier alpha value is -1.68. The van der Waals surface area contributed by atoms with E-state index >= 15 is 0 Å². The second-order valence-electron chi connectivity index (χ2n) is 5.62. The molecule has 0 amide bonds. The smallest absolute Gasteiger partial charge is 0.258 e. The summed E-state index contributed by atoms with van der Waals surface area (Å²) in [6, 6.07) is 17.5. The number of alkyl halides is 1. The Morgan fingerprint density at radius 2 is 1.71 bits per heavy atom. The fourth-order valence-electron chi connectivity index (χ4n) is 2.84. The predicted molar refractivity (Wildman–Crippen MR) is 86.9 cm³/mol. The van der Waals surface area contributed by atoms with E-state index in [-0.39, 0.29) is 16.0 Å². The van der Waals surface area contributed by atoms with Crippen LogP contribution in [0.4, 0.5) is 5.69 Å². The number of benzene rings is 2. The molecular formula is C17H16BrNO2. The van der Waals surface area contributed by atoms with Crippen molar-refractivity contribution in [2.24, 2.45) is 0 Å². The van der Waals surface area contributed by atoms with Crippen LogP contribution in [0.25, 0.3) is 0 Å². The van der Waals surface area contributed by atoms with Crippen LogP contribution < -0.4 is 0 Å². The zero-order valence-electron chi connectivity index (χ0n) is 11.5. The lowest BCUT2D eigenvalue weighted by Crippen LogP contribution is -2.22. The molecule has 4 heteroatoms. The van der Waals surface area contributed by atoms with Gasteiger partial charge in [-0.2, -0.15) is 0 Å². The average molecular weight is 346 g/mol. The molecule has 1 aliphatic carbocycles. The molecule has 2 aromatic carbocycles. The average Bonchev–Trinajstić information content (AvgIpc) is 3.30. The van der Waals surface area contributed by atoms with Crippen LogP contribution in [-0.4, -0.2) is 9.75 Å². The highest BCUT2D eigenvalue weighted by Crippen LogP contribution is 2.54. The summed E-state index contributed by atoms with van der Waals surface area (Å²) in [5.41, 5.74) is 2.88. The van der Waals surface area contributed by atoms with E-state index in [1.165, 1.54) is 18.4 Å². The lowest BCUT2D eigenvalue weighted by atomic mass is 9.89. The summed E-state index contributed by atoms with van der Waals surface area (Å²) in [5, 5.41) is 10.7. The summed E-state index contributed by atoms with van der Waals surface area (Å²) in [6.45, 7) is 0. The summed E-state index contributed by atoms with van der Waals surface area (Å²) in [6.07, 6.45) is 3.27. The van der Waals surface area contributed by atoms with Crippen LogP contribution in [0.5, 0.6) is 0 Å². The van der Waals surface area contributed by atoms with Gasteiger partial charge in [-0.15, -0.1) is 0 Å². The van der Waals surface area contributed by atoms with Crippen LogP contribution in [0.15, 0.2) is 54.6 Å². The molecule has 0 radical (unpaired) electrons. The predicted octanol–water partition coefficient (Wildman–Crippen LogP) is 4.63. The molecular weight excluding hydrogens is 330 g/mol. The van der Waals surface area contributed by atoms with Crippen LogP contribution >= 0.6 is 15.9 Å². The minimum Gasteiger partial charge on any atom is -0.258 e. The molecule has 0 heterocycles. The first-order valence-electron chi connectivity index (χ1n) is 7.05. The van der Waals surface area contributed by atoms with Gasteiger partial charge in [0.25, 0.3) is 5.69 Å². The summed E-state index contributed by atoms with van der Waals surface area (Å²) < 4.78 is 0. The molecule has 1 atom stereocenters. The molecule has 3 rings (SSSR count). The Labute approximate surface area is 132 Å². The SMILES string of the molecule is O=[N+]([O-])c1ccc(CC(Br)C2(c3ccccc3)CC2)cc1. The molecule has 1 aliphatic rings. The maximum atomic E-state index is 10.7. The quantitative estimate of drug-likeness (QED) is 0.450. The van der Waals surface area contributed by atoms with E-state index in [9.17, 15) is 10.1 Å². The Kier molecular flexibility index (Phi) is 3.81. The van der Waals surface area contributed by atoms with E-state index in [1.54, 1.807) is 12.1 Å². The minimum absolute atomic E-state index is 0.147. The number of rotatable bonds is 5. The van der Waals surface area contributed by atoms with Gasteiger partial charge in [0.1, 0.15) is 0 Å². The van der Waals surface area contributed by atoms with Crippen molar-refractivity contribution in [1.29, 1.82) is 0 Å². The maximum absolute atomic E-state index is 10.7. The molecule has 21 heavy (non-hydrogen) atoms. The first kappa shape index (κ1) is 14.3. The van der Waals surface area contributed by atoms with Crippen LogP contribution in [0.3, 0.4) is 0 Å². The second kappa shape index (κ2) is 5.60. The number of nitro groups is 1. The third-order valence-corrected chi connectivity index (χ3v) is 5.50. The highest BCUT2D eigenvalue weighted by Gasteiger charge is 2.49. The number of hydrogen-bond acceptors (Lipinski definition) is 2. The van der Waals surface area contributed by atoms with Crippen LogP contribution in [0, 0.1) is 10.1 Å². The van der Waals surface area contributed by atoms with Gasteiger partial charge >= 0.3 is 0 Å². The number of nitro benzene ring substituents is 1. The molecule has 0 N–H and O–H groups in total. The summed E-state index contributed by atoms with van der Waals surface area (Å²) in [4.78, 5) is 10.7. The van der Waals surface area contributed by atoms with Crippen LogP contribution in [0.1, 0.15) is 24.0 Å². The fraction of sp³-hybridized carbons (Fsp3) is 0.294. The molecule has 1 saturated carbocycles. The van der Waals surface area contributed by atoms with Gasteiger partial charge in [-0.3, -0.25) is 10.1 Å². The van der Waals surface area contributed by atoms with Gasteiger partial charge in [0.05, 0.1) is 4.92 Å². The van der Waals surface area contributed by atoms with Gasteiger partial charge in [0, 0.05) is 22.4 Å². The monoisotopic (exact) mass is 345 g/mol. The van der Waals surface area contributed by atoms with Crippen molar-refractivity contribution in [2.75, 3.05) is 0 Å². The number of halogens is 1. The summed E-state index contributed by atoms with van der Waals surface area (Å²) in [5.74, 6) is 0. The van der Waals surface area contributed by atoms with Crippen molar-refractivity contribution < 1.29 is 4.92 Å². The summed E-state index contributed by atoms with van der Waals surface area (Å²) >= 11 is 3.85. The van der Waals surface area contributed by atoms with Crippen molar-refractivity contribution in [2.45, 2.75) is 29.5 Å². The molecule has 3 nitrogen and oxygen atoms in total. The molecule has 2 aromatic rings. The minimum atomic E-state index is -0.359. The molecule has 0 aliphatic heterocycles. The Morgan fingerprint density at radius 1 is 1.10 bits per heavy atom. The largest absolute Gasteiger partial charge is 0.269 e. The van der Waals surface area contributed by atoms with Gasteiger partial charge < -0.3 is 0 Å². The van der Waals surface area contributed by atoms with Crippen LogP contribution in [0.2, 0.25) is 0 Å². The fourth-order valence-corrected chi connectivity index (χ4v) is 3.94. The van der Waals surface area contributed by atoms with E-state index in [1.807, 2.05) is 18.2 Å². The molecule has 0 bridgehead atoms. The number of non-ortho nitro benzene ring substituents is 1. The molecule has 108 valence electrons. The number of nitrogens with zero attached hydrogens (tertiary/aromatic N) is 1. The lowest BCUT2D eigenvalue weighted by Gasteiger charge is -2.22. The summed E-state index contributed by atoms with van der Waals surface area (Å²) in [7, 11) is 0. The van der Waals surface area contributed by atoms with Crippen molar-refractivity contribution in [1.82, 2.24) is 0 Å². The van der Waals surface area contributed by atoms with Gasteiger partial charge in [-0.25, -0.2) is 0 Å². The first-order chi connectivity index (χ1) is 10.1. The lowest BCUT2D eigenvalue weighted by molar-refractivity contribution is -0.384. The molecule has 0 aromatic heterocycles. The molecule has 1 unspecified atom stereocenters. The Bertz CT molecular complexity index is 636. The standard InChI is InChI=1S/C17H16BrNO2/c18-16(12-13-6-8-15(9-7-13)19(20)21)17(10-11-17)14-4-2-1-3-5-14/h1-9,16H,10-12H2.